The van der Waals surface area contributed by atoms with E-state index in [-0.39, 0.29) is 11.9 Å². The van der Waals surface area contributed by atoms with Gasteiger partial charge in [-0.05, 0) is 50.2 Å². The fourth-order valence-corrected chi connectivity index (χ4v) is 2.58. The molecule has 4 heteroatoms. The van der Waals surface area contributed by atoms with Crippen molar-refractivity contribution in [1.82, 2.24) is 10.2 Å². The molecule has 0 aliphatic carbocycles. The van der Waals surface area contributed by atoms with Crippen LogP contribution in [0.15, 0.2) is 29.2 Å². The average Bonchev–Trinajstić information content (AvgIpc) is 2.33. The van der Waals surface area contributed by atoms with Crippen molar-refractivity contribution in [3.63, 3.8) is 0 Å². The number of rotatable bonds is 2. The molecule has 1 heterocycles. The van der Waals surface area contributed by atoms with Gasteiger partial charge in [-0.2, -0.15) is 0 Å². The molecule has 0 spiro atoms. The zero-order valence-electron chi connectivity index (χ0n) is 10.9. The molecule has 0 bridgehead atoms. The van der Waals surface area contributed by atoms with Crippen LogP contribution in [0.5, 0.6) is 0 Å². The Morgan fingerprint density at radius 3 is 2.67 bits per heavy atom. The molecule has 1 aromatic carbocycles. The molecule has 1 aliphatic rings. The van der Waals surface area contributed by atoms with E-state index in [0.29, 0.717) is 11.5 Å². The molecule has 1 amide bonds. The van der Waals surface area contributed by atoms with Gasteiger partial charge >= 0.3 is 0 Å². The van der Waals surface area contributed by atoms with Crippen LogP contribution in [-0.4, -0.2) is 37.0 Å². The number of amides is 1. The molecule has 1 aromatic rings. The second kappa shape index (κ2) is 5.76. The topological polar surface area (TPSA) is 32.3 Å². The van der Waals surface area contributed by atoms with Gasteiger partial charge in [0.1, 0.15) is 0 Å². The Kier molecular flexibility index (Phi) is 4.30. The highest BCUT2D eigenvalue weighted by atomic mass is 32.1. The van der Waals surface area contributed by atoms with E-state index in [2.05, 4.69) is 36.8 Å². The van der Waals surface area contributed by atoms with Gasteiger partial charge in [-0.15, -0.1) is 12.6 Å². The van der Waals surface area contributed by atoms with Gasteiger partial charge in [-0.3, -0.25) is 4.79 Å². The summed E-state index contributed by atoms with van der Waals surface area (Å²) in [5, 5.41) is 3.13. The number of piperidine rings is 1. The van der Waals surface area contributed by atoms with Gasteiger partial charge in [-0.25, -0.2) is 0 Å². The van der Waals surface area contributed by atoms with Crippen LogP contribution in [0.2, 0.25) is 0 Å². The highest BCUT2D eigenvalue weighted by Crippen LogP contribution is 2.16. The number of nitrogens with zero attached hydrogens (tertiary/aromatic N) is 1. The van der Waals surface area contributed by atoms with Gasteiger partial charge in [0.05, 0.1) is 0 Å². The lowest BCUT2D eigenvalue weighted by atomic mass is 9.94. The predicted octanol–water partition coefficient (Wildman–Crippen LogP) is 2.05. The Morgan fingerprint density at radius 1 is 1.39 bits per heavy atom. The Balaban J connectivity index is 1.97. The maximum Gasteiger partial charge on any atom is 0.251 e. The van der Waals surface area contributed by atoms with Crippen LogP contribution in [0.1, 0.15) is 23.7 Å². The second-order valence-electron chi connectivity index (χ2n) is 5.16. The lowest BCUT2D eigenvalue weighted by Crippen LogP contribution is -2.48. The molecule has 0 aromatic heterocycles. The number of likely N-dealkylation sites (tertiary alicyclic amines) is 1. The van der Waals surface area contributed by atoms with Crippen molar-refractivity contribution in [2.45, 2.75) is 24.3 Å². The molecule has 1 saturated heterocycles. The summed E-state index contributed by atoms with van der Waals surface area (Å²) in [7, 11) is 2.12. The van der Waals surface area contributed by atoms with Crippen LogP contribution in [0.25, 0.3) is 0 Å². The Hall–Kier alpha value is -1.00. The fraction of sp³-hybridized carbons (Fsp3) is 0.500. The SMILES string of the molecule is CC1CN(C)CCC1NC(=O)c1ccc(S)cc1. The Labute approximate surface area is 114 Å². The van der Waals surface area contributed by atoms with Crippen LogP contribution in [0.4, 0.5) is 0 Å². The van der Waals surface area contributed by atoms with Gasteiger partial charge in [-0.1, -0.05) is 6.92 Å². The molecule has 2 atom stereocenters. The smallest absolute Gasteiger partial charge is 0.251 e. The first-order valence-electron chi connectivity index (χ1n) is 6.34. The van der Waals surface area contributed by atoms with Crippen molar-refractivity contribution < 1.29 is 4.79 Å². The minimum atomic E-state index is 0.0183. The first-order valence-corrected chi connectivity index (χ1v) is 6.79. The molecular weight excluding hydrogens is 244 g/mol. The molecule has 1 fully saturated rings. The van der Waals surface area contributed by atoms with Gasteiger partial charge in [0.25, 0.3) is 5.91 Å². The quantitative estimate of drug-likeness (QED) is 0.801. The van der Waals surface area contributed by atoms with E-state index in [0.717, 1.165) is 24.4 Å². The molecule has 3 nitrogen and oxygen atoms in total. The monoisotopic (exact) mass is 264 g/mol. The first-order chi connectivity index (χ1) is 8.56. The van der Waals surface area contributed by atoms with Crippen LogP contribution in [0, 0.1) is 5.92 Å². The zero-order valence-corrected chi connectivity index (χ0v) is 11.8. The number of thiol groups is 1. The summed E-state index contributed by atoms with van der Waals surface area (Å²) in [6.45, 7) is 4.28. The third-order valence-electron chi connectivity index (χ3n) is 3.55. The van der Waals surface area contributed by atoms with E-state index in [1.54, 1.807) is 0 Å². The van der Waals surface area contributed by atoms with Gasteiger partial charge in [0, 0.05) is 23.0 Å². The summed E-state index contributed by atoms with van der Waals surface area (Å²) in [4.78, 5) is 15.3. The molecule has 2 rings (SSSR count). The molecule has 2 unspecified atom stereocenters. The van der Waals surface area contributed by atoms with Crippen molar-refractivity contribution in [1.29, 1.82) is 0 Å². The first kappa shape index (κ1) is 13.4. The summed E-state index contributed by atoms with van der Waals surface area (Å²) < 4.78 is 0. The van der Waals surface area contributed by atoms with E-state index in [1.165, 1.54) is 0 Å². The van der Waals surface area contributed by atoms with Crippen molar-refractivity contribution in [2.24, 2.45) is 5.92 Å². The number of carbonyl (C=O) groups excluding carboxylic acids is 1. The minimum Gasteiger partial charge on any atom is -0.349 e. The summed E-state index contributed by atoms with van der Waals surface area (Å²) in [6.07, 6.45) is 1.02. The fourth-order valence-electron chi connectivity index (χ4n) is 2.43. The normalized spacial score (nSPS) is 24.8. The summed E-state index contributed by atoms with van der Waals surface area (Å²) in [5.74, 6) is 0.515. The lowest BCUT2D eigenvalue weighted by Gasteiger charge is -2.35. The lowest BCUT2D eigenvalue weighted by molar-refractivity contribution is 0.0884. The zero-order chi connectivity index (χ0) is 13.1. The summed E-state index contributed by atoms with van der Waals surface area (Å²) in [6, 6.07) is 7.60. The number of hydrogen-bond donors (Lipinski definition) is 2. The van der Waals surface area contributed by atoms with Crippen LogP contribution >= 0.6 is 12.6 Å². The van der Waals surface area contributed by atoms with Gasteiger partial charge < -0.3 is 10.2 Å². The van der Waals surface area contributed by atoms with Crippen LogP contribution in [-0.2, 0) is 0 Å². The molecule has 98 valence electrons. The molecule has 0 saturated carbocycles. The largest absolute Gasteiger partial charge is 0.349 e. The van der Waals surface area contributed by atoms with E-state index in [4.69, 9.17) is 0 Å². The third-order valence-corrected chi connectivity index (χ3v) is 3.85. The van der Waals surface area contributed by atoms with Crippen molar-refractivity contribution in [3.05, 3.63) is 29.8 Å². The van der Waals surface area contributed by atoms with E-state index >= 15 is 0 Å². The summed E-state index contributed by atoms with van der Waals surface area (Å²) >= 11 is 4.22. The van der Waals surface area contributed by atoms with E-state index < -0.39 is 0 Å². The van der Waals surface area contributed by atoms with Gasteiger partial charge in [0.15, 0.2) is 0 Å². The molecule has 1 aliphatic heterocycles. The highest BCUT2D eigenvalue weighted by Gasteiger charge is 2.25. The Morgan fingerprint density at radius 2 is 2.06 bits per heavy atom. The number of benzene rings is 1. The molecular formula is C14H20N2OS. The minimum absolute atomic E-state index is 0.0183. The highest BCUT2D eigenvalue weighted by molar-refractivity contribution is 7.80. The van der Waals surface area contributed by atoms with E-state index in [1.807, 2.05) is 24.3 Å². The maximum atomic E-state index is 12.1. The molecule has 0 radical (unpaired) electrons. The van der Waals surface area contributed by atoms with Gasteiger partial charge in [0.2, 0.25) is 0 Å². The maximum absolute atomic E-state index is 12.1. The predicted molar refractivity (Wildman–Crippen MR) is 76.2 cm³/mol. The standard InChI is InChI=1S/C14H20N2OS/c1-10-9-16(2)8-7-13(10)15-14(17)11-3-5-12(18)6-4-11/h3-6,10,13,18H,7-9H2,1-2H3,(H,15,17). The van der Waals surface area contributed by atoms with Crippen LogP contribution < -0.4 is 5.32 Å². The average molecular weight is 264 g/mol. The second-order valence-corrected chi connectivity index (χ2v) is 5.67. The number of nitrogens with one attached hydrogen (secondary N) is 1. The third kappa shape index (κ3) is 3.27. The van der Waals surface area contributed by atoms with E-state index in [9.17, 15) is 4.79 Å². The van der Waals surface area contributed by atoms with Crippen molar-refractivity contribution in [3.8, 4) is 0 Å². The van der Waals surface area contributed by atoms with Crippen molar-refractivity contribution in [2.75, 3.05) is 20.1 Å². The van der Waals surface area contributed by atoms with Crippen LogP contribution in [0.3, 0.4) is 0 Å². The van der Waals surface area contributed by atoms with Crippen molar-refractivity contribution >= 4 is 18.5 Å². The molecule has 18 heavy (non-hydrogen) atoms. The molecule has 1 N–H and O–H groups in total. The Bertz CT molecular complexity index is 418. The summed E-state index contributed by atoms with van der Waals surface area (Å²) in [5.41, 5.74) is 0.707. The number of hydrogen-bond acceptors (Lipinski definition) is 3. The number of carbonyl (C=O) groups is 1.